The second kappa shape index (κ2) is 5.38. The minimum atomic E-state index is -3.59. The summed E-state index contributed by atoms with van der Waals surface area (Å²) < 4.78 is 27.0. The van der Waals surface area contributed by atoms with E-state index in [2.05, 4.69) is 4.72 Å². The van der Waals surface area contributed by atoms with E-state index in [0.29, 0.717) is 6.42 Å². The fourth-order valence-electron chi connectivity index (χ4n) is 1.48. The van der Waals surface area contributed by atoms with Crippen LogP contribution in [0.15, 0.2) is 23.1 Å². The molecule has 5 heteroatoms. The van der Waals surface area contributed by atoms with Gasteiger partial charge in [0.2, 0.25) is 10.0 Å². The number of sulfonamides is 1. The molecule has 0 amide bonds. The van der Waals surface area contributed by atoms with Gasteiger partial charge < -0.3 is 5.11 Å². The van der Waals surface area contributed by atoms with E-state index in [-0.39, 0.29) is 11.5 Å². The lowest BCUT2D eigenvalue weighted by Gasteiger charge is -2.26. The predicted octanol–water partition coefficient (Wildman–Crippen LogP) is 1.74. The maximum atomic E-state index is 12.2. The zero-order valence-electron chi connectivity index (χ0n) is 11.3. The van der Waals surface area contributed by atoms with Crippen molar-refractivity contribution >= 4 is 10.0 Å². The van der Waals surface area contributed by atoms with Crippen LogP contribution in [-0.2, 0) is 10.0 Å². The SMILES string of the molecule is CCC(C)(CO)NS(=O)(=O)c1ccc(C)c(C)c1. The number of benzene rings is 1. The van der Waals surface area contributed by atoms with E-state index in [9.17, 15) is 13.5 Å². The summed E-state index contributed by atoms with van der Waals surface area (Å²) in [6.07, 6.45) is 0.521. The van der Waals surface area contributed by atoms with Crippen LogP contribution in [0.1, 0.15) is 31.4 Å². The number of hydrogen-bond acceptors (Lipinski definition) is 3. The lowest BCUT2D eigenvalue weighted by molar-refractivity contribution is 0.191. The first-order valence-corrected chi connectivity index (χ1v) is 7.44. The highest BCUT2D eigenvalue weighted by Crippen LogP contribution is 2.18. The topological polar surface area (TPSA) is 66.4 Å². The number of aliphatic hydroxyl groups excluding tert-OH is 1. The monoisotopic (exact) mass is 271 g/mol. The predicted molar refractivity (Wildman–Crippen MR) is 72.0 cm³/mol. The third kappa shape index (κ3) is 3.31. The average Bonchev–Trinajstić information content (AvgIpc) is 2.32. The number of nitrogens with one attached hydrogen (secondary N) is 1. The minimum Gasteiger partial charge on any atom is -0.394 e. The van der Waals surface area contributed by atoms with E-state index in [0.717, 1.165) is 11.1 Å². The normalized spacial score (nSPS) is 15.4. The Balaban J connectivity index is 3.10. The Kier molecular flexibility index (Phi) is 4.53. The van der Waals surface area contributed by atoms with Gasteiger partial charge in [-0.05, 0) is 50.5 Å². The lowest BCUT2D eigenvalue weighted by atomic mass is 10.0. The molecule has 0 saturated carbocycles. The zero-order valence-corrected chi connectivity index (χ0v) is 12.1. The van der Waals surface area contributed by atoms with Crippen LogP contribution in [0.3, 0.4) is 0 Å². The Bertz CT molecular complexity index is 519. The Morgan fingerprint density at radius 1 is 1.28 bits per heavy atom. The van der Waals surface area contributed by atoms with Crippen molar-refractivity contribution in [3.05, 3.63) is 29.3 Å². The molecule has 0 aliphatic rings. The molecule has 2 N–H and O–H groups in total. The molecule has 1 aromatic carbocycles. The molecule has 0 fully saturated rings. The zero-order chi connectivity index (χ0) is 14.0. The molecular weight excluding hydrogens is 250 g/mol. The molecule has 0 saturated heterocycles. The van der Waals surface area contributed by atoms with Gasteiger partial charge in [0.25, 0.3) is 0 Å². The summed E-state index contributed by atoms with van der Waals surface area (Å²) in [6, 6.07) is 5.01. The first-order chi connectivity index (χ1) is 8.24. The molecule has 0 aliphatic heterocycles. The summed E-state index contributed by atoms with van der Waals surface area (Å²) in [5.74, 6) is 0. The van der Waals surface area contributed by atoms with Crippen molar-refractivity contribution in [3.8, 4) is 0 Å². The third-order valence-corrected chi connectivity index (χ3v) is 4.93. The molecule has 1 atom stereocenters. The second-order valence-electron chi connectivity index (χ2n) is 4.92. The minimum absolute atomic E-state index is 0.229. The summed E-state index contributed by atoms with van der Waals surface area (Å²) in [5, 5.41) is 9.27. The largest absolute Gasteiger partial charge is 0.394 e. The number of aliphatic hydroxyl groups is 1. The summed E-state index contributed by atoms with van der Waals surface area (Å²) in [7, 11) is -3.59. The molecule has 1 unspecified atom stereocenters. The summed E-state index contributed by atoms with van der Waals surface area (Å²) >= 11 is 0. The summed E-state index contributed by atoms with van der Waals surface area (Å²) in [4.78, 5) is 0.235. The van der Waals surface area contributed by atoms with Crippen molar-refractivity contribution < 1.29 is 13.5 Å². The van der Waals surface area contributed by atoms with Gasteiger partial charge in [-0.3, -0.25) is 0 Å². The Morgan fingerprint density at radius 2 is 1.89 bits per heavy atom. The molecular formula is C13H21NO3S. The Labute approximate surface area is 109 Å². The Hall–Kier alpha value is -0.910. The van der Waals surface area contributed by atoms with Gasteiger partial charge in [0.1, 0.15) is 0 Å². The molecule has 1 rings (SSSR count). The van der Waals surface area contributed by atoms with Gasteiger partial charge in [0, 0.05) is 0 Å². The van der Waals surface area contributed by atoms with Crippen molar-refractivity contribution in [2.75, 3.05) is 6.61 Å². The van der Waals surface area contributed by atoms with Crippen molar-refractivity contribution in [1.82, 2.24) is 4.72 Å². The molecule has 102 valence electrons. The molecule has 0 aromatic heterocycles. The van der Waals surface area contributed by atoms with Crippen molar-refractivity contribution in [2.45, 2.75) is 44.6 Å². The van der Waals surface area contributed by atoms with Crippen LogP contribution in [0, 0.1) is 13.8 Å². The smallest absolute Gasteiger partial charge is 0.241 e. The maximum absolute atomic E-state index is 12.2. The van der Waals surface area contributed by atoms with Gasteiger partial charge in [-0.25, -0.2) is 13.1 Å². The molecule has 0 bridgehead atoms. The highest BCUT2D eigenvalue weighted by Gasteiger charge is 2.28. The van der Waals surface area contributed by atoms with Crippen molar-refractivity contribution in [3.63, 3.8) is 0 Å². The van der Waals surface area contributed by atoms with E-state index in [1.54, 1.807) is 25.1 Å². The molecule has 4 nitrogen and oxygen atoms in total. The number of rotatable bonds is 5. The van der Waals surface area contributed by atoms with Gasteiger partial charge in [-0.1, -0.05) is 13.0 Å². The highest BCUT2D eigenvalue weighted by molar-refractivity contribution is 7.89. The number of hydrogen-bond donors (Lipinski definition) is 2. The van der Waals surface area contributed by atoms with Gasteiger partial charge in [-0.15, -0.1) is 0 Å². The molecule has 18 heavy (non-hydrogen) atoms. The van der Waals surface area contributed by atoms with Gasteiger partial charge in [0.15, 0.2) is 0 Å². The molecule has 0 spiro atoms. The summed E-state index contributed by atoms with van der Waals surface area (Å²) in [5.41, 5.74) is 1.16. The van der Waals surface area contributed by atoms with Crippen molar-refractivity contribution in [1.29, 1.82) is 0 Å². The third-order valence-electron chi connectivity index (χ3n) is 3.30. The molecule has 1 aromatic rings. The second-order valence-corrected chi connectivity index (χ2v) is 6.61. The van der Waals surface area contributed by atoms with E-state index in [1.807, 2.05) is 20.8 Å². The average molecular weight is 271 g/mol. The van der Waals surface area contributed by atoms with Crippen LogP contribution in [0.4, 0.5) is 0 Å². The highest BCUT2D eigenvalue weighted by atomic mass is 32.2. The maximum Gasteiger partial charge on any atom is 0.241 e. The van der Waals surface area contributed by atoms with Gasteiger partial charge in [0.05, 0.1) is 17.0 Å². The van der Waals surface area contributed by atoms with E-state index in [1.165, 1.54) is 0 Å². The first kappa shape index (κ1) is 15.1. The van der Waals surface area contributed by atoms with Crippen LogP contribution >= 0.6 is 0 Å². The molecule has 0 radical (unpaired) electrons. The van der Waals surface area contributed by atoms with E-state index >= 15 is 0 Å². The van der Waals surface area contributed by atoms with Gasteiger partial charge in [-0.2, -0.15) is 0 Å². The standard InChI is InChI=1S/C13H21NO3S/c1-5-13(4,9-15)14-18(16,17)12-7-6-10(2)11(3)8-12/h6-8,14-15H,5,9H2,1-4H3. The molecule has 0 aliphatic carbocycles. The van der Waals surface area contributed by atoms with Crippen LogP contribution in [0.25, 0.3) is 0 Å². The summed E-state index contributed by atoms with van der Waals surface area (Å²) in [6.45, 7) is 7.10. The van der Waals surface area contributed by atoms with E-state index < -0.39 is 15.6 Å². The fourth-order valence-corrected chi connectivity index (χ4v) is 3.04. The lowest BCUT2D eigenvalue weighted by Crippen LogP contribution is -2.48. The van der Waals surface area contributed by atoms with Crippen LogP contribution in [0.5, 0.6) is 0 Å². The quantitative estimate of drug-likeness (QED) is 0.857. The van der Waals surface area contributed by atoms with Crippen LogP contribution < -0.4 is 4.72 Å². The van der Waals surface area contributed by atoms with E-state index in [4.69, 9.17) is 0 Å². The van der Waals surface area contributed by atoms with Gasteiger partial charge >= 0.3 is 0 Å². The number of aryl methyl sites for hydroxylation is 2. The van der Waals surface area contributed by atoms with Crippen LogP contribution in [-0.4, -0.2) is 25.7 Å². The molecule has 0 heterocycles. The Morgan fingerprint density at radius 3 is 2.33 bits per heavy atom. The van der Waals surface area contributed by atoms with Crippen LogP contribution in [0.2, 0.25) is 0 Å². The first-order valence-electron chi connectivity index (χ1n) is 5.96. The fraction of sp³-hybridized carbons (Fsp3) is 0.538. The van der Waals surface area contributed by atoms with Crippen molar-refractivity contribution in [2.24, 2.45) is 0 Å².